The van der Waals surface area contributed by atoms with Crippen LogP contribution in [0.4, 0.5) is 24.5 Å². The monoisotopic (exact) mass is 303 g/mol. The number of nitrogens with two attached hydrogens (primary N) is 1. The smallest absolute Gasteiger partial charge is 0.389 e. The van der Waals surface area contributed by atoms with Crippen LogP contribution in [0.5, 0.6) is 0 Å². The minimum atomic E-state index is -4.11. The number of alkyl halides is 3. The summed E-state index contributed by atoms with van der Waals surface area (Å²) in [4.78, 5) is 11.7. The van der Waals surface area contributed by atoms with Crippen molar-refractivity contribution in [1.29, 1.82) is 0 Å². The van der Waals surface area contributed by atoms with E-state index in [9.17, 15) is 18.0 Å². The van der Waals surface area contributed by atoms with Gasteiger partial charge in [-0.2, -0.15) is 13.2 Å². The molecule has 4 nitrogen and oxygen atoms in total. The van der Waals surface area contributed by atoms with Gasteiger partial charge in [0.05, 0.1) is 11.4 Å². The average molecular weight is 303 g/mol. The molecule has 118 valence electrons. The Labute approximate surface area is 121 Å². The maximum absolute atomic E-state index is 12.0. The molecule has 0 saturated heterocycles. The summed E-state index contributed by atoms with van der Waals surface area (Å²) in [5.41, 5.74) is 7.25. The summed E-state index contributed by atoms with van der Waals surface area (Å²) >= 11 is 0. The van der Waals surface area contributed by atoms with Crippen LogP contribution in [0.15, 0.2) is 18.2 Å². The van der Waals surface area contributed by atoms with Crippen molar-refractivity contribution in [3.63, 3.8) is 0 Å². The molecule has 0 radical (unpaired) electrons. The second-order valence-corrected chi connectivity index (χ2v) is 4.66. The van der Waals surface area contributed by atoms with E-state index in [-0.39, 0.29) is 12.3 Å². The Morgan fingerprint density at radius 3 is 2.62 bits per heavy atom. The van der Waals surface area contributed by atoms with Gasteiger partial charge in [0.1, 0.15) is 0 Å². The highest BCUT2D eigenvalue weighted by molar-refractivity contribution is 5.96. The molecule has 0 fully saturated rings. The van der Waals surface area contributed by atoms with Gasteiger partial charge in [-0.1, -0.05) is 0 Å². The van der Waals surface area contributed by atoms with Crippen LogP contribution in [0.1, 0.15) is 36.5 Å². The third-order valence-electron chi connectivity index (χ3n) is 2.86. The fourth-order valence-electron chi connectivity index (χ4n) is 1.79. The average Bonchev–Trinajstić information content (AvgIpc) is 2.39. The van der Waals surface area contributed by atoms with Gasteiger partial charge >= 0.3 is 6.18 Å². The van der Waals surface area contributed by atoms with Gasteiger partial charge in [-0.15, -0.1) is 0 Å². The van der Waals surface area contributed by atoms with Crippen LogP contribution in [0.2, 0.25) is 0 Å². The SMILES string of the molecule is CCNC(=O)c1ccc(N)c(NCCCCC(F)(F)F)c1. The number of anilines is 2. The lowest BCUT2D eigenvalue weighted by Gasteiger charge is -2.12. The number of carbonyl (C=O) groups is 1. The second-order valence-electron chi connectivity index (χ2n) is 4.66. The first kappa shape index (κ1) is 17.1. The summed E-state index contributed by atoms with van der Waals surface area (Å²) in [5.74, 6) is -0.211. The maximum Gasteiger partial charge on any atom is 0.389 e. The van der Waals surface area contributed by atoms with Crippen molar-refractivity contribution in [2.75, 3.05) is 24.1 Å². The quantitative estimate of drug-likeness (QED) is 0.535. The van der Waals surface area contributed by atoms with E-state index in [0.29, 0.717) is 36.4 Å². The second kappa shape index (κ2) is 7.75. The van der Waals surface area contributed by atoms with Gasteiger partial charge in [0.2, 0.25) is 0 Å². The molecule has 0 spiro atoms. The van der Waals surface area contributed by atoms with Crippen molar-refractivity contribution < 1.29 is 18.0 Å². The van der Waals surface area contributed by atoms with Gasteiger partial charge in [0, 0.05) is 25.1 Å². The zero-order valence-electron chi connectivity index (χ0n) is 11.9. The van der Waals surface area contributed by atoms with E-state index in [0.717, 1.165) is 0 Å². The van der Waals surface area contributed by atoms with E-state index < -0.39 is 12.6 Å². The largest absolute Gasteiger partial charge is 0.397 e. The number of halogens is 3. The molecule has 7 heteroatoms. The predicted molar refractivity (Wildman–Crippen MR) is 77.3 cm³/mol. The topological polar surface area (TPSA) is 67.2 Å². The normalized spacial score (nSPS) is 11.2. The number of hydrogen-bond acceptors (Lipinski definition) is 3. The number of rotatable bonds is 7. The Kier molecular flexibility index (Phi) is 6.33. The maximum atomic E-state index is 12.0. The number of nitrogens with one attached hydrogen (secondary N) is 2. The van der Waals surface area contributed by atoms with E-state index in [4.69, 9.17) is 5.73 Å². The molecule has 0 aliphatic carbocycles. The minimum absolute atomic E-state index is 0.0619. The van der Waals surface area contributed by atoms with Crippen molar-refractivity contribution in [3.05, 3.63) is 23.8 Å². The van der Waals surface area contributed by atoms with Crippen LogP contribution in [-0.2, 0) is 0 Å². The summed E-state index contributed by atoms with van der Waals surface area (Å²) in [6.45, 7) is 2.71. The van der Waals surface area contributed by atoms with Crippen molar-refractivity contribution in [1.82, 2.24) is 5.32 Å². The molecule has 0 aromatic heterocycles. The van der Waals surface area contributed by atoms with Crippen molar-refractivity contribution in [3.8, 4) is 0 Å². The highest BCUT2D eigenvalue weighted by atomic mass is 19.4. The number of benzene rings is 1. The number of carbonyl (C=O) groups excluding carboxylic acids is 1. The first-order chi connectivity index (χ1) is 9.83. The van der Waals surface area contributed by atoms with Crippen LogP contribution < -0.4 is 16.4 Å². The van der Waals surface area contributed by atoms with Gasteiger partial charge in [0.15, 0.2) is 0 Å². The third kappa shape index (κ3) is 6.37. The Balaban J connectivity index is 2.51. The Morgan fingerprint density at radius 2 is 2.00 bits per heavy atom. The zero-order valence-corrected chi connectivity index (χ0v) is 11.9. The molecule has 0 bridgehead atoms. The number of nitrogen functional groups attached to an aromatic ring is 1. The molecule has 0 aliphatic heterocycles. The molecule has 1 aromatic rings. The van der Waals surface area contributed by atoms with Gasteiger partial charge < -0.3 is 16.4 Å². The lowest BCUT2D eigenvalue weighted by molar-refractivity contribution is -0.135. The molecule has 0 atom stereocenters. The molecule has 4 N–H and O–H groups in total. The third-order valence-corrected chi connectivity index (χ3v) is 2.86. The van der Waals surface area contributed by atoms with E-state index in [1.165, 1.54) is 0 Å². The van der Waals surface area contributed by atoms with Crippen LogP contribution in [-0.4, -0.2) is 25.2 Å². The molecular formula is C14H20F3N3O. The predicted octanol–water partition coefficient (Wildman–Crippen LogP) is 3.16. The summed E-state index contributed by atoms with van der Waals surface area (Å²) in [6.07, 6.45) is -4.46. The fourth-order valence-corrected chi connectivity index (χ4v) is 1.79. The van der Waals surface area contributed by atoms with E-state index >= 15 is 0 Å². The van der Waals surface area contributed by atoms with Crippen molar-refractivity contribution >= 4 is 17.3 Å². The van der Waals surface area contributed by atoms with Crippen LogP contribution in [0.25, 0.3) is 0 Å². The van der Waals surface area contributed by atoms with Gasteiger partial charge in [-0.05, 0) is 38.0 Å². The van der Waals surface area contributed by atoms with E-state index in [2.05, 4.69) is 10.6 Å². The summed E-state index contributed by atoms with van der Waals surface area (Å²) in [7, 11) is 0. The summed E-state index contributed by atoms with van der Waals surface area (Å²) in [6, 6.07) is 4.81. The van der Waals surface area contributed by atoms with Crippen LogP contribution >= 0.6 is 0 Å². The summed E-state index contributed by atoms with van der Waals surface area (Å²) < 4.78 is 36.0. The molecule has 1 aromatic carbocycles. The zero-order chi connectivity index (χ0) is 15.9. The standard InChI is InChI=1S/C14H20F3N3O/c1-2-19-13(21)10-5-6-11(18)12(9-10)20-8-4-3-7-14(15,16)17/h5-6,9,20H,2-4,7-8,18H2,1H3,(H,19,21). The minimum Gasteiger partial charge on any atom is -0.397 e. The summed E-state index contributed by atoms with van der Waals surface area (Å²) in [5, 5.41) is 5.63. The first-order valence-electron chi connectivity index (χ1n) is 6.82. The lowest BCUT2D eigenvalue weighted by atomic mass is 10.1. The van der Waals surface area contributed by atoms with Crippen LogP contribution in [0, 0.1) is 0 Å². The highest BCUT2D eigenvalue weighted by Gasteiger charge is 2.25. The van der Waals surface area contributed by atoms with Crippen LogP contribution in [0.3, 0.4) is 0 Å². The Morgan fingerprint density at radius 1 is 1.29 bits per heavy atom. The highest BCUT2D eigenvalue weighted by Crippen LogP contribution is 2.23. The number of unbranched alkanes of at least 4 members (excludes halogenated alkanes) is 1. The molecular weight excluding hydrogens is 283 g/mol. The molecule has 1 rings (SSSR count). The Hall–Kier alpha value is -1.92. The van der Waals surface area contributed by atoms with Gasteiger partial charge in [-0.25, -0.2) is 0 Å². The molecule has 0 aliphatic rings. The first-order valence-corrected chi connectivity index (χ1v) is 6.82. The van der Waals surface area contributed by atoms with Crippen molar-refractivity contribution in [2.45, 2.75) is 32.4 Å². The number of hydrogen-bond donors (Lipinski definition) is 3. The van der Waals surface area contributed by atoms with E-state index in [1.807, 2.05) is 6.92 Å². The van der Waals surface area contributed by atoms with Gasteiger partial charge in [-0.3, -0.25) is 4.79 Å². The molecule has 0 unspecified atom stereocenters. The van der Waals surface area contributed by atoms with Crippen molar-refractivity contribution in [2.24, 2.45) is 0 Å². The fraction of sp³-hybridized carbons (Fsp3) is 0.500. The molecule has 21 heavy (non-hydrogen) atoms. The molecule has 0 saturated carbocycles. The van der Waals surface area contributed by atoms with E-state index in [1.54, 1.807) is 18.2 Å². The Bertz CT molecular complexity index is 475. The number of amides is 1. The van der Waals surface area contributed by atoms with Gasteiger partial charge in [0.25, 0.3) is 5.91 Å². The molecule has 1 amide bonds. The lowest BCUT2D eigenvalue weighted by Crippen LogP contribution is -2.22. The molecule has 0 heterocycles.